The van der Waals surface area contributed by atoms with Crippen molar-refractivity contribution < 1.29 is 14.3 Å². The highest BCUT2D eigenvalue weighted by atomic mass is 32.2. The molecule has 1 aromatic heterocycles. The number of thiazole rings is 1. The number of amidine groups is 1. The summed E-state index contributed by atoms with van der Waals surface area (Å²) >= 11 is 2.78. The molecular weight excluding hydrogens is 358 g/mol. The fraction of sp³-hybridized carbons (Fsp3) is 0.235. The Morgan fingerprint density at radius 3 is 2.80 bits per heavy atom. The summed E-state index contributed by atoms with van der Waals surface area (Å²) in [4.78, 5) is 23.6. The number of rotatable bonds is 5. The normalized spacial score (nSPS) is 17.6. The Bertz CT molecular complexity index is 832. The van der Waals surface area contributed by atoms with Crippen LogP contribution in [0.3, 0.4) is 0 Å². The van der Waals surface area contributed by atoms with Crippen LogP contribution in [0, 0.1) is 0 Å². The minimum Gasteiger partial charge on any atom is -0.497 e. The van der Waals surface area contributed by atoms with Gasteiger partial charge in [-0.15, -0.1) is 11.3 Å². The van der Waals surface area contributed by atoms with E-state index in [1.54, 1.807) is 31.4 Å². The largest absolute Gasteiger partial charge is 0.497 e. The van der Waals surface area contributed by atoms with Gasteiger partial charge in [0, 0.05) is 29.8 Å². The van der Waals surface area contributed by atoms with E-state index in [1.165, 1.54) is 23.1 Å². The first-order valence-corrected chi connectivity index (χ1v) is 9.27. The lowest BCUT2D eigenvalue weighted by molar-refractivity contribution is -0.122. The zero-order valence-corrected chi connectivity index (χ0v) is 15.7. The second-order valence-corrected chi connectivity index (χ2v) is 6.86. The van der Waals surface area contributed by atoms with Crippen molar-refractivity contribution in [2.75, 3.05) is 20.8 Å². The monoisotopic (exact) mass is 375 g/mol. The van der Waals surface area contributed by atoms with Gasteiger partial charge >= 0.3 is 0 Å². The van der Waals surface area contributed by atoms with Crippen molar-refractivity contribution in [3.63, 3.8) is 0 Å². The Hall–Kier alpha value is -2.32. The van der Waals surface area contributed by atoms with E-state index in [-0.39, 0.29) is 5.91 Å². The second-order valence-electron chi connectivity index (χ2n) is 4.98. The molecule has 130 valence electrons. The standard InChI is InChI=1S/C17H17N3O3S2/c1-4-20-15(21)14(25-17(20)19-16-18-7-8-24-16)9-11-5-6-12(22-2)10-13(11)23-3/h5-10H,4H2,1-3H3/b14-9-,19-17+. The Kier molecular flexibility index (Phi) is 5.40. The Morgan fingerprint density at radius 2 is 2.16 bits per heavy atom. The topological polar surface area (TPSA) is 64.0 Å². The van der Waals surface area contributed by atoms with Crippen molar-refractivity contribution in [2.24, 2.45) is 4.99 Å². The summed E-state index contributed by atoms with van der Waals surface area (Å²) in [7, 11) is 3.19. The number of carbonyl (C=O) groups excluding carboxylic acids is 1. The van der Waals surface area contributed by atoms with Crippen LogP contribution in [0.5, 0.6) is 11.5 Å². The number of carbonyl (C=O) groups is 1. The average molecular weight is 375 g/mol. The Labute approximate surface area is 154 Å². The number of benzene rings is 1. The summed E-state index contributed by atoms with van der Waals surface area (Å²) in [5.41, 5.74) is 0.811. The molecule has 2 aromatic rings. The number of aliphatic imine (C=N–C) groups is 1. The van der Waals surface area contributed by atoms with Crippen LogP contribution in [-0.4, -0.2) is 41.7 Å². The quantitative estimate of drug-likeness (QED) is 0.744. The lowest BCUT2D eigenvalue weighted by atomic mass is 10.1. The summed E-state index contributed by atoms with van der Waals surface area (Å²) in [6.07, 6.45) is 3.51. The van der Waals surface area contributed by atoms with Crippen LogP contribution in [0.2, 0.25) is 0 Å². The highest BCUT2D eigenvalue weighted by molar-refractivity contribution is 8.18. The molecule has 0 bridgehead atoms. The van der Waals surface area contributed by atoms with Gasteiger partial charge in [0.15, 0.2) is 5.17 Å². The number of hydrogen-bond donors (Lipinski definition) is 0. The predicted molar refractivity (Wildman–Crippen MR) is 102 cm³/mol. The average Bonchev–Trinajstić information content (AvgIpc) is 3.24. The van der Waals surface area contributed by atoms with Gasteiger partial charge in [0.1, 0.15) is 11.5 Å². The van der Waals surface area contributed by atoms with E-state index in [4.69, 9.17) is 9.47 Å². The fourth-order valence-electron chi connectivity index (χ4n) is 2.30. The van der Waals surface area contributed by atoms with E-state index < -0.39 is 0 Å². The zero-order valence-electron chi connectivity index (χ0n) is 14.1. The van der Waals surface area contributed by atoms with Crippen molar-refractivity contribution >= 4 is 45.4 Å². The van der Waals surface area contributed by atoms with Crippen molar-refractivity contribution in [1.82, 2.24) is 9.88 Å². The lowest BCUT2D eigenvalue weighted by Gasteiger charge is -2.11. The number of likely N-dealkylation sites (N-methyl/N-ethyl adjacent to an activating group) is 1. The van der Waals surface area contributed by atoms with Crippen molar-refractivity contribution in [1.29, 1.82) is 0 Å². The number of methoxy groups -OCH3 is 2. The van der Waals surface area contributed by atoms with Gasteiger partial charge in [0.05, 0.1) is 19.1 Å². The van der Waals surface area contributed by atoms with E-state index >= 15 is 0 Å². The minimum atomic E-state index is -0.0688. The van der Waals surface area contributed by atoms with Gasteiger partial charge in [-0.25, -0.2) is 4.98 Å². The molecule has 3 rings (SSSR count). The maximum atomic E-state index is 12.7. The molecule has 2 heterocycles. The summed E-state index contributed by atoms with van der Waals surface area (Å²) in [6.45, 7) is 2.47. The number of nitrogens with zero attached hydrogens (tertiary/aromatic N) is 3. The zero-order chi connectivity index (χ0) is 17.8. The van der Waals surface area contributed by atoms with Gasteiger partial charge in [-0.1, -0.05) is 0 Å². The van der Waals surface area contributed by atoms with Crippen LogP contribution in [0.1, 0.15) is 12.5 Å². The first-order chi connectivity index (χ1) is 12.2. The number of amides is 1. The van der Waals surface area contributed by atoms with Gasteiger partial charge in [0.25, 0.3) is 5.91 Å². The van der Waals surface area contributed by atoms with E-state index in [2.05, 4.69) is 9.98 Å². The Balaban J connectivity index is 1.95. The molecule has 0 atom stereocenters. The smallest absolute Gasteiger partial charge is 0.266 e. The van der Waals surface area contributed by atoms with Crippen molar-refractivity contribution in [3.8, 4) is 11.5 Å². The summed E-state index contributed by atoms with van der Waals surface area (Å²) in [5.74, 6) is 1.28. The molecule has 0 spiro atoms. The predicted octanol–water partition coefficient (Wildman–Crippen LogP) is 3.78. The molecule has 1 aliphatic heterocycles. The van der Waals surface area contributed by atoms with E-state index in [0.717, 1.165) is 5.56 Å². The molecule has 25 heavy (non-hydrogen) atoms. The molecule has 1 saturated heterocycles. The third kappa shape index (κ3) is 3.69. The van der Waals surface area contributed by atoms with Crippen LogP contribution < -0.4 is 9.47 Å². The SMILES string of the molecule is CCN1C(=O)/C(=C/c2ccc(OC)cc2OC)S/C1=N/c1nccs1. The van der Waals surface area contributed by atoms with Crippen molar-refractivity contribution in [2.45, 2.75) is 6.92 Å². The van der Waals surface area contributed by atoms with Gasteiger partial charge in [-0.3, -0.25) is 9.69 Å². The molecule has 1 aliphatic rings. The molecular formula is C17H17N3O3S2. The van der Waals surface area contributed by atoms with E-state index in [9.17, 15) is 4.79 Å². The van der Waals surface area contributed by atoms with Gasteiger partial charge in [-0.2, -0.15) is 4.99 Å². The maximum absolute atomic E-state index is 12.7. The number of ether oxygens (including phenoxy) is 2. The third-order valence-electron chi connectivity index (χ3n) is 3.54. The number of hydrogen-bond acceptors (Lipinski definition) is 7. The first-order valence-electron chi connectivity index (χ1n) is 7.58. The van der Waals surface area contributed by atoms with E-state index in [0.29, 0.717) is 33.2 Å². The summed E-state index contributed by atoms with van der Waals surface area (Å²) in [6, 6.07) is 5.49. The summed E-state index contributed by atoms with van der Waals surface area (Å²) in [5, 5.41) is 3.13. The molecule has 0 unspecified atom stereocenters. The van der Waals surface area contributed by atoms with Crippen LogP contribution in [0.4, 0.5) is 5.13 Å². The number of thioether (sulfide) groups is 1. The third-order valence-corrected chi connectivity index (χ3v) is 5.21. The number of aromatic nitrogens is 1. The lowest BCUT2D eigenvalue weighted by Crippen LogP contribution is -2.28. The minimum absolute atomic E-state index is 0.0688. The molecule has 0 saturated carbocycles. The molecule has 1 amide bonds. The van der Waals surface area contributed by atoms with Crippen molar-refractivity contribution in [3.05, 3.63) is 40.2 Å². The maximum Gasteiger partial charge on any atom is 0.266 e. The first kappa shape index (κ1) is 17.5. The van der Waals surface area contributed by atoms with Crippen LogP contribution in [0.15, 0.2) is 39.7 Å². The second kappa shape index (κ2) is 7.71. The van der Waals surface area contributed by atoms with Gasteiger partial charge in [-0.05, 0) is 36.9 Å². The summed E-state index contributed by atoms with van der Waals surface area (Å²) < 4.78 is 10.6. The van der Waals surface area contributed by atoms with E-state index in [1.807, 2.05) is 30.5 Å². The van der Waals surface area contributed by atoms with Gasteiger partial charge < -0.3 is 9.47 Å². The molecule has 8 heteroatoms. The van der Waals surface area contributed by atoms with Crippen LogP contribution in [0.25, 0.3) is 6.08 Å². The van der Waals surface area contributed by atoms with Crippen LogP contribution in [-0.2, 0) is 4.79 Å². The molecule has 0 N–H and O–H groups in total. The Morgan fingerprint density at radius 1 is 1.32 bits per heavy atom. The highest BCUT2D eigenvalue weighted by Gasteiger charge is 2.32. The molecule has 6 nitrogen and oxygen atoms in total. The molecule has 1 fully saturated rings. The van der Waals surface area contributed by atoms with Crippen LogP contribution >= 0.6 is 23.1 Å². The highest BCUT2D eigenvalue weighted by Crippen LogP contribution is 2.36. The van der Waals surface area contributed by atoms with Gasteiger partial charge in [0.2, 0.25) is 5.13 Å². The molecule has 0 aliphatic carbocycles. The fourth-order valence-corrected chi connectivity index (χ4v) is 3.90. The molecule has 0 radical (unpaired) electrons. The molecule has 1 aromatic carbocycles.